The number of benzene rings is 2. The summed E-state index contributed by atoms with van der Waals surface area (Å²) in [5.41, 5.74) is 1.88. The zero-order valence-corrected chi connectivity index (χ0v) is 15.4. The first-order valence-electron chi connectivity index (χ1n) is 8.74. The standard InChI is InChI=1S/C21H25NO4/c1-4-5-19(24)16-8-11-20(26-3)18(13-16)21(25)22-14(2)12-15-6-9-17(23)10-7-15/h6-11,13-14,23H,4-5,12H2,1-3H3,(H,22,25). The van der Waals surface area contributed by atoms with Crippen LogP contribution in [0.3, 0.4) is 0 Å². The molecule has 26 heavy (non-hydrogen) atoms. The van der Waals surface area contributed by atoms with Crippen LogP contribution in [0.5, 0.6) is 11.5 Å². The van der Waals surface area contributed by atoms with Crippen LogP contribution in [0, 0.1) is 0 Å². The lowest BCUT2D eigenvalue weighted by Gasteiger charge is -2.16. The van der Waals surface area contributed by atoms with Gasteiger partial charge < -0.3 is 15.2 Å². The molecule has 0 saturated heterocycles. The van der Waals surface area contributed by atoms with E-state index >= 15 is 0 Å². The van der Waals surface area contributed by atoms with Gasteiger partial charge in [-0.15, -0.1) is 0 Å². The van der Waals surface area contributed by atoms with Gasteiger partial charge in [0.2, 0.25) is 0 Å². The van der Waals surface area contributed by atoms with E-state index in [2.05, 4.69) is 5.32 Å². The summed E-state index contributed by atoms with van der Waals surface area (Å²) in [7, 11) is 1.50. The minimum atomic E-state index is -0.278. The molecule has 0 aromatic heterocycles. The summed E-state index contributed by atoms with van der Waals surface area (Å²) in [4.78, 5) is 24.8. The summed E-state index contributed by atoms with van der Waals surface area (Å²) >= 11 is 0. The molecule has 2 aromatic rings. The van der Waals surface area contributed by atoms with Gasteiger partial charge in [0.1, 0.15) is 11.5 Å². The van der Waals surface area contributed by atoms with Crippen LogP contribution >= 0.6 is 0 Å². The third-order valence-electron chi connectivity index (χ3n) is 4.10. The Labute approximate surface area is 154 Å². The minimum Gasteiger partial charge on any atom is -0.508 e. The van der Waals surface area contributed by atoms with Crippen molar-refractivity contribution in [3.8, 4) is 11.5 Å². The van der Waals surface area contributed by atoms with Crippen molar-refractivity contribution in [3.05, 3.63) is 59.2 Å². The largest absolute Gasteiger partial charge is 0.508 e. The minimum absolute atomic E-state index is 0.0151. The maximum Gasteiger partial charge on any atom is 0.255 e. The van der Waals surface area contributed by atoms with Crippen molar-refractivity contribution >= 4 is 11.7 Å². The maximum absolute atomic E-state index is 12.7. The Morgan fingerprint density at radius 3 is 2.46 bits per heavy atom. The molecule has 5 nitrogen and oxygen atoms in total. The molecule has 138 valence electrons. The number of carbonyl (C=O) groups is 2. The molecule has 0 aliphatic rings. The van der Waals surface area contributed by atoms with E-state index in [1.807, 2.05) is 26.0 Å². The molecule has 2 rings (SSSR count). The van der Waals surface area contributed by atoms with Crippen molar-refractivity contribution in [1.82, 2.24) is 5.32 Å². The van der Waals surface area contributed by atoms with Crippen molar-refractivity contribution < 1.29 is 19.4 Å². The number of aromatic hydroxyl groups is 1. The zero-order chi connectivity index (χ0) is 19.1. The van der Waals surface area contributed by atoms with Gasteiger partial charge in [0.05, 0.1) is 12.7 Å². The predicted octanol–water partition coefficient (Wildman–Crippen LogP) is 3.74. The summed E-state index contributed by atoms with van der Waals surface area (Å²) in [5.74, 6) is 0.386. The normalized spacial score (nSPS) is 11.7. The summed E-state index contributed by atoms with van der Waals surface area (Å²) in [6.45, 7) is 3.85. The maximum atomic E-state index is 12.7. The van der Waals surface area contributed by atoms with Crippen LogP contribution in [0.1, 0.15) is 53.0 Å². The first kappa shape index (κ1) is 19.5. The first-order valence-corrected chi connectivity index (χ1v) is 8.74. The number of hydrogen-bond acceptors (Lipinski definition) is 4. The fourth-order valence-corrected chi connectivity index (χ4v) is 2.77. The third kappa shape index (κ3) is 5.09. The number of carbonyl (C=O) groups excluding carboxylic acids is 2. The fraction of sp³-hybridized carbons (Fsp3) is 0.333. The predicted molar refractivity (Wildman–Crippen MR) is 101 cm³/mol. The van der Waals surface area contributed by atoms with Crippen molar-refractivity contribution in [2.75, 3.05) is 7.11 Å². The molecule has 1 unspecified atom stereocenters. The number of Topliss-reactive ketones (excluding diaryl/α,β-unsaturated/α-hetero) is 1. The molecule has 1 amide bonds. The summed E-state index contributed by atoms with van der Waals surface area (Å²) in [6.07, 6.45) is 1.84. The number of ether oxygens (including phenoxy) is 1. The average molecular weight is 355 g/mol. The highest BCUT2D eigenvalue weighted by molar-refractivity contribution is 6.02. The summed E-state index contributed by atoms with van der Waals surface area (Å²) < 4.78 is 5.27. The molecule has 2 aromatic carbocycles. The molecule has 5 heteroatoms. The Morgan fingerprint density at radius 1 is 1.15 bits per heavy atom. The Bertz CT molecular complexity index is 768. The van der Waals surface area contributed by atoms with Crippen molar-refractivity contribution in [3.63, 3.8) is 0 Å². The molecular formula is C21H25NO4. The second-order valence-electron chi connectivity index (χ2n) is 6.33. The molecule has 0 heterocycles. The number of phenols is 1. The van der Waals surface area contributed by atoms with Gasteiger partial charge in [0, 0.05) is 18.0 Å². The highest BCUT2D eigenvalue weighted by atomic mass is 16.5. The van der Waals surface area contributed by atoms with E-state index in [9.17, 15) is 14.7 Å². The molecule has 0 aliphatic heterocycles. The van der Waals surface area contributed by atoms with E-state index in [4.69, 9.17) is 4.74 Å². The highest BCUT2D eigenvalue weighted by Gasteiger charge is 2.17. The second-order valence-corrected chi connectivity index (χ2v) is 6.33. The lowest BCUT2D eigenvalue weighted by atomic mass is 10.0. The van der Waals surface area contributed by atoms with Gasteiger partial charge in [-0.05, 0) is 55.7 Å². The number of phenolic OH excluding ortho intramolecular Hbond substituents is 1. The van der Waals surface area contributed by atoms with E-state index < -0.39 is 0 Å². The van der Waals surface area contributed by atoms with E-state index in [1.165, 1.54) is 7.11 Å². The van der Waals surface area contributed by atoms with Crippen LogP contribution in [-0.2, 0) is 6.42 Å². The van der Waals surface area contributed by atoms with E-state index in [0.29, 0.717) is 29.7 Å². The smallest absolute Gasteiger partial charge is 0.255 e. The Balaban J connectivity index is 2.12. The number of methoxy groups -OCH3 is 1. The van der Waals surface area contributed by atoms with Crippen LogP contribution in [-0.4, -0.2) is 29.9 Å². The van der Waals surface area contributed by atoms with Gasteiger partial charge in [-0.3, -0.25) is 9.59 Å². The Hall–Kier alpha value is -2.82. The zero-order valence-electron chi connectivity index (χ0n) is 15.4. The topological polar surface area (TPSA) is 75.6 Å². The van der Waals surface area contributed by atoms with E-state index in [-0.39, 0.29) is 23.5 Å². The van der Waals surface area contributed by atoms with Gasteiger partial charge in [0.15, 0.2) is 5.78 Å². The molecule has 0 bridgehead atoms. The monoisotopic (exact) mass is 355 g/mol. The summed E-state index contributed by atoms with van der Waals surface area (Å²) in [6, 6.07) is 11.7. The molecule has 0 spiro atoms. The van der Waals surface area contributed by atoms with Crippen LogP contribution in [0.4, 0.5) is 0 Å². The molecule has 0 aliphatic carbocycles. The highest BCUT2D eigenvalue weighted by Crippen LogP contribution is 2.21. The number of amides is 1. The fourth-order valence-electron chi connectivity index (χ4n) is 2.77. The molecule has 1 atom stereocenters. The molecule has 2 N–H and O–H groups in total. The number of nitrogens with one attached hydrogen (secondary N) is 1. The van der Waals surface area contributed by atoms with Crippen molar-refractivity contribution in [2.45, 2.75) is 39.2 Å². The molecule has 0 radical (unpaired) electrons. The molecule has 0 saturated carbocycles. The third-order valence-corrected chi connectivity index (χ3v) is 4.10. The van der Waals surface area contributed by atoms with Gasteiger partial charge in [-0.1, -0.05) is 19.1 Å². The van der Waals surface area contributed by atoms with Crippen LogP contribution in [0.2, 0.25) is 0 Å². The Kier molecular flexibility index (Phi) is 6.78. The van der Waals surface area contributed by atoms with Gasteiger partial charge >= 0.3 is 0 Å². The summed E-state index contributed by atoms with van der Waals surface area (Å²) in [5, 5.41) is 12.3. The van der Waals surface area contributed by atoms with Crippen LogP contribution < -0.4 is 10.1 Å². The average Bonchev–Trinajstić information content (AvgIpc) is 2.63. The Morgan fingerprint density at radius 2 is 1.85 bits per heavy atom. The van der Waals surface area contributed by atoms with E-state index in [1.54, 1.807) is 30.3 Å². The molecule has 0 fully saturated rings. The van der Waals surface area contributed by atoms with Crippen LogP contribution in [0.15, 0.2) is 42.5 Å². The SMILES string of the molecule is CCCC(=O)c1ccc(OC)c(C(=O)NC(C)Cc2ccc(O)cc2)c1. The van der Waals surface area contributed by atoms with Crippen molar-refractivity contribution in [2.24, 2.45) is 0 Å². The van der Waals surface area contributed by atoms with Gasteiger partial charge in [-0.25, -0.2) is 0 Å². The number of rotatable bonds is 8. The van der Waals surface area contributed by atoms with E-state index in [0.717, 1.165) is 12.0 Å². The van der Waals surface area contributed by atoms with Gasteiger partial charge in [-0.2, -0.15) is 0 Å². The van der Waals surface area contributed by atoms with Crippen molar-refractivity contribution in [1.29, 1.82) is 0 Å². The molecular weight excluding hydrogens is 330 g/mol. The number of ketones is 1. The lowest BCUT2D eigenvalue weighted by Crippen LogP contribution is -2.34. The lowest BCUT2D eigenvalue weighted by molar-refractivity contribution is 0.0937. The quantitative estimate of drug-likeness (QED) is 0.707. The van der Waals surface area contributed by atoms with Crippen LogP contribution in [0.25, 0.3) is 0 Å². The second kappa shape index (κ2) is 9.04. The number of hydrogen-bond donors (Lipinski definition) is 2. The van der Waals surface area contributed by atoms with Gasteiger partial charge in [0.25, 0.3) is 5.91 Å². The first-order chi connectivity index (χ1) is 12.4.